The number of carbonyl (C=O) groups excluding carboxylic acids is 1. The molecule has 0 saturated carbocycles. The van der Waals surface area contributed by atoms with Gasteiger partial charge in [-0.05, 0) is 31.7 Å². The predicted molar refractivity (Wildman–Crippen MR) is 90.0 cm³/mol. The molecule has 7 heteroatoms. The SMILES string of the molecule is CC1Oc2ccc(-c3cn4c(CCN)csc4n3)cc2NC1=O. The second-order valence-electron chi connectivity index (χ2n) is 5.50. The molecule has 0 radical (unpaired) electrons. The fourth-order valence-corrected chi connectivity index (χ4v) is 3.57. The molecule has 1 aromatic carbocycles. The zero-order valence-corrected chi connectivity index (χ0v) is 13.4. The number of benzene rings is 1. The standard InChI is InChI=1S/C16H16N4O2S/c1-9-15(21)18-12-6-10(2-3-14(12)22-9)13-7-20-11(4-5-17)8-23-16(20)19-13/h2-3,6-9H,4-5,17H2,1H3,(H,18,21). The number of nitrogens with zero attached hydrogens (tertiary/aromatic N) is 2. The van der Waals surface area contributed by atoms with E-state index in [1.54, 1.807) is 18.3 Å². The van der Waals surface area contributed by atoms with E-state index in [1.165, 1.54) is 0 Å². The van der Waals surface area contributed by atoms with Crippen LogP contribution < -0.4 is 15.8 Å². The quantitative estimate of drug-likeness (QED) is 0.773. The lowest BCUT2D eigenvalue weighted by Gasteiger charge is -2.23. The van der Waals surface area contributed by atoms with Gasteiger partial charge in [-0.15, -0.1) is 11.3 Å². The van der Waals surface area contributed by atoms with E-state index in [0.29, 0.717) is 18.0 Å². The van der Waals surface area contributed by atoms with Crippen LogP contribution in [0.15, 0.2) is 29.8 Å². The number of nitrogens with one attached hydrogen (secondary N) is 1. The number of fused-ring (bicyclic) bond motifs is 2. The summed E-state index contributed by atoms with van der Waals surface area (Å²) in [6.45, 7) is 2.34. The third kappa shape index (κ3) is 2.38. The lowest BCUT2D eigenvalue weighted by atomic mass is 10.1. The van der Waals surface area contributed by atoms with Crippen molar-refractivity contribution >= 4 is 27.9 Å². The molecule has 0 bridgehead atoms. The molecule has 2 aromatic heterocycles. The fourth-order valence-electron chi connectivity index (χ4n) is 2.66. The van der Waals surface area contributed by atoms with Crippen LogP contribution >= 0.6 is 11.3 Å². The Balaban J connectivity index is 1.73. The van der Waals surface area contributed by atoms with Crippen LogP contribution in [0.1, 0.15) is 12.6 Å². The maximum absolute atomic E-state index is 11.8. The zero-order chi connectivity index (χ0) is 16.0. The third-order valence-electron chi connectivity index (χ3n) is 3.89. The summed E-state index contributed by atoms with van der Waals surface area (Å²) in [5, 5.41) is 4.95. The van der Waals surface area contributed by atoms with Crippen LogP contribution in [0, 0.1) is 0 Å². The number of hydrogen-bond acceptors (Lipinski definition) is 5. The van der Waals surface area contributed by atoms with E-state index in [1.807, 2.05) is 24.4 Å². The van der Waals surface area contributed by atoms with Crippen LogP contribution in [0.25, 0.3) is 16.2 Å². The first kappa shape index (κ1) is 14.2. The van der Waals surface area contributed by atoms with Crippen molar-refractivity contribution in [3.05, 3.63) is 35.5 Å². The lowest BCUT2D eigenvalue weighted by molar-refractivity contribution is -0.122. The number of ether oxygens (including phenoxy) is 1. The number of nitrogens with two attached hydrogens (primary N) is 1. The van der Waals surface area contributed by atoms with Gasteiger partial charge in [-0.3, -0.25) is 9.20 Å². The summed E-state index contributed by atoms with van der Waals surface area (Å²) >= 11 is 1.60. The Hall–Kier alpha value is -2.38. The summed E-state index contributed by atoms with van der Waals surface area (Å²) in [4.78, 5) is 17.4. The van der Waals surface area contributed by atoms with Gasteiger partial charge in [0.2, 0.25) is 0 Å². The molecule has 0 fully saturated rings. The van der Waals surface area contributed by atoms with Gasteiger partial charge < -0.3 is 15.8 Å². The number of anilines is 1. The zero-order valence-electron chi connectivity index (χ0n) is 12.6. The van der Waals surface area contributed by atoms with Crippen molar-refractivity contribution in [2.75, 3.05) is 11.9 Å². The van der Waals surface area contributed by atoms with Gasteiger partial charge in [-0.25, -0.2) is 4.98 Å². The highest BCUT2D eigenvalue weighted by Gasteiger charge is 2.24. The van der Waals surface area contributed by atoms with E-state index >= 15 is 0 Å². The van der Waals surface area contributed by atoms with Crippen LogP contribution in [-0.2, 0) is 11.2 Å². The number of amides is 1. The van der Waals surface area contributed by atoms with Crippen LogP contribution in [0.2, 0.25) is 0 Å². The Morgan fingerprint density at radius 1 is 1.48 bits per heavy atom. The molecule has 3 aromatic rings. The van der Waals surface area contributed by atoms with Gasteiger partial charge >= 0.3 is 0 Å². The van der Waals surface area contributed by atoms with E-state index in [2.05, 4.69) is 20.1 Å². The largest absolute Gasteiger partial charge is 0.479 e. The first-order valence-electron chi connectivity index (χ1n) is 7.43. The normalized spacial score (nSPS) is 17.0. The average molecular weight is 328 g/mol. The average Bonchev–Trinajstić information content (AvgIpc) is 3.10. The Morgan fingerprint density at radius 2 is 2.35 bits per heavy atom. The van der Waals surface area contributed by atoms with Gasteiger partial charge in [0.1, 0.15) is 5.75 Å². The minimum atomic E-state index is -0.467. The number of hydrogen-bond donors (Lipinski definition) is 2. The highest BCUT2D eigenvalue weighted by Crippen LogP contribution is 2.34. The van der Waals surface area contributed by atoms with Crippen LogP contribution in [-0.4, -0.2) is 27.9 Å². The lowest BCUT2D eigenvalue weighted by Crippen LogP contribution is -2.34. The summed E-state index contributed by atoms with van der Waals surface area (Å²) in [7, 11) is 0. The summed E-state index contributed by atoms with van der Waals surface area (Å²) in [6, 6.07) is 5.72. The van der Waals surface area contributed by atoms with Gasteiger partial charge in [0, 0.05) is 29.3 Å². The smallest absolute Gasteiger partial charge is 0.265 e. The van der Waals surface area contributed by atoms with Gasteiger partial charge in [0.25, 0.3) is 5.91 Å². The molecule has 118 valence electrons. The highest BCUT2D eigenvalue weighted by atomic mass is 32.1. The van der Waals surface area contributed by atoms with Crippen molar-refractivity contribution < 1.29 is 9.53 Å². The topological polar surface area (TPSA) is 81.7 Å². The van der Waals surface area contributed by atoms with E-state index in [4.69, 9.17) is 10.5 Å². The molecule has 6 nitrogen and oxygen atoms in total. The Morgan fingerprint density at radius 3 is 3.17 bits per heavy atom. The molecule has 1 aliphatic rings. The molecule has 0 aliphatic carbocycles. The molecule has 3 N–H and O–H groups in total. The van der Waals surface area contributed by atoms with Crippen LogP contribution in [0.5, 0.6) is 5.75 Å². The molecule has 1 amide bonds. The van der Waals surface area contributed by atoms with Gasteiger partial charge in [0.05, 0.1) is 11.4 Å². The van der Waals surface area contributed by atoms with Crippen molar-refractivity contribution in [1.82, 2.24) is 9.38 Å². The van der Waals surface area contributed by atoms with Crippen molar-refractivity contribution in [2.45, 2.75) is 19.4 Å². The number of imidazole rings is 1. The summed E-state index contributed by atoms with van der Waals surface area (Å²) in [5.41, 5.74) is 9.30. The van der Waals surface area contributed by atoms with Crippen molar-refractivity contribution in [1.29, 1.82) is 0 Å². The Labute approximate surface area is 136 Å². The highest BCUT2D eigenvalue weighted by molar-refractivity contribution is 7.15. The molecule has 23 heavy (non-hydrogen) atoms. The second kappa shape index (κ2) is 5.36. The van der Waals surface area contributed by atoms with E-state index in [-0.39, 0.29) is 5.91 Å². The molecular weight excluding hydrogens is 312 g/mol. The molecule has 1 unspecified atom stereocenters. The molecule has 4 rings (SSSR count). The third-order valence-corrected chi connectivity index (χ3v) is 4.78. The molecule has 1 aliphatic heterocycles. The maximum atomic E-state index is 11.8. The molecule has 0 saturated heterocycles. The number of thiazole rings is 1. The van der Waals surface area contributed by atoms with Gasteiger partial charge in [0.15, 0.2) is 11.1 Å². The molecular formula is C16H16N4O2S. The van der Waals surface area contributed by atoms with Crippen molar-refractivity contribution in [3.63, 3.8) is 0 Å². The minimum Gasteiger partial charge on any atom is -0.479 e. The molecule has 0 spiro atoms. The van der Waals surface area contributed by atoms with E-state index in [0.717, 1.165) is 28.3 Å². The van der Waals surface area contributed by atoms with Crippen LogP contribution in [0.3, 0.4) is 0 Å². The first-order chi connectivity index (χ1) is 11.2. The summed E-state index contributed by atoms with van der Waals surface area (Å²) in [5.74, 6) is 0.552. The first-order valence-corrected chi connectivity index (χ1v) is 8.31. The Kier molecular flexibility index (Phi) is 3.32. The van der Waals surface area contributed by atoms with Gasteiger partial charge in [-0.2, -0.15) is 0 Å². The second-order valence-corrected chi connectivity index (χ2v) is 6.34. The number of carbonyl (C=O) groups is 1. The fraction of sp³-hybridized carbons (Fsp3) is 0.250. The van der Waals surface area contributed by atoms with Crippen molar-refractivity contribution in [2.24, 2.45) is 5.73 Å². The van der Waals surface area contributed by atoms with Gasteiger partial charge in [-0.1, -0.05) is 0 Å². The van der Waals surface area contributed by atoms with Crippen molar-refractivity contribution in [3.8, 4) is 17.0 Å². The number of aromatic nitrogens is 2. The van der Waals surface area contributed by atoms with Crippen LogP contribution in [0.4, 0.5) is 5.69 Å². The molecule has 1 atom stereocenters. The maximum Gasteiger partial charge on any atom is 0.265 e. The minimum absolute atomic E-state index is 0.134. The van der Waals surface area contributed by atoms with E-state index < -0.39 is 6.10 Å². The predicted octanol–water partition coefficient (Wildman–Crippen LogP) is 2.28. The molecule has 3 heterocycles. The summed E-state index contributed by atoms with van der Waals surface area (Å²) < 4.78 is 7.65. The summed E-state index contributed by atoms with van der Waals surface area (Å²) in [6.07, 6.45) is 2.36. The monoisotopic (exact) mass is 328 g/mol. The number of rotatable bonds is 3. The Bertz CT molecular complexity index is 899. The van der Waals surface area contributed by atoms with E-state index in [9.17, 15) is 4.79 Å².